The molecular weight excluding hydrogens is 252 g/mol. The second-order valence-electron chi connectivity index (χ2n) is 6.18. The average Bonchev–Trinajstić information content (AvgIpc) is 2.95. The van der Waals surface area contributed by atoms with Gasteiger partial charge in [-0.1, -0.05) is 20.8 Å². The third kappa shape index (κ3) is 3.04. The van der Waals surface area contributed by atoms with E-state index in [9.17, 15) is 0 Å². The number of piperazine rings is 1. The molecule has 19 heavy (non-hydrogen) atoms. The molecule has 0 aromatic carbocycles. The van der Waals surface area contributed by atoms with Crippen LogP contribution in [0.25, 0.3) is 0 Å². The quantitative estimate of drug-likeness (QED) is 0.880. The molecule has 108 valence electrons. The van der Waals surface area contributed by atoms with Crippen LogP contribution in [-0.2, 0) is 6.54 Å². The van der Waals surface area contributed by atoms with Crippen molar-refractivity contribution < 1.29 is 0 Å². The molecule has 2 rings (SSSR count). The van der Waals surface area contributed by atoms with E-state index in [1.54, 1.807) is 11.3 Å². The molecule has 1 atom stereocenters. The van der Waals surface area contributed by atoms with Gasteiger partial charge in [0.1, 0.15) is 0 Å². The van der Waals surface area contributed by atoms with Crippen molar-refractivity contribution >= 4 is 11.3 Å². The Morgan fingerprint density at radius 1 is 1.26 bits per heavy atom. The van der Waals surface area contributed by atoms with Crippen LogP contribution in [0, 0.1) is 0 Å². The van der Waals surface area contributed by atoms with Gasteiger partial charge in [0.2, 0.25) is 0 Å². The molecule has 0 radical (unpaired) electrons. The summed E-state index contributed by atoms with van der Waals surface area (Å²) >= 11 is 1.81. The van der Waals surface area contributed by atoms with Crippen LogP contribution < -0.4 is 5.32 Å². The van der Waals surface area contributed by atoms with Crippen LogP contribution in [0.15, 0.2) is 16.8 Å². The van der Waals surface area contributed by atoms with E-state index in [1.807, 2.05) is 0 Å². The second kappa shape index (κ2) is 5.94. The first-order valence-corrected chi connectivity index (χ1v) is 8.53. The molecule has 3 heteroatoms. The van der Waals surface area contributed by atoms with E-state index >= 15 is 0 Å². The van der Waals surface area contributed by atoms with Gasteiger partial charge in [-0.15, -0.1) is 0 Å². The lowest BCUT2D eigenvalue weighted by Gasteiger charge is -2.53. The molecule has 0 amide bonds. The first-order valence-electron chi connectivity index (χ1n) is 7.58. The lowest BCUT2D eigenvalue weighted by Crippen LogP contribution is -2.68. The fraction of sp³-hybridized carbons (Fsp3) is 0.750. The second-order valence-corrected chi connectivity index (χ2v) is 6.96. The van der Waals surface area contributed by atoms with Crippen molar-refractivity contribution in [1.29, 1.82) is 0 Å². The molecule has 1 aliphatic heterocycles. The van der Waals surface area contributed by atoms with Crippen molar-refractivity contribution in [3.8, 4) is 0 Å². The summed E-state index contributed by atoms with van der Waals surface area (Å²) in [4.78, 5) is 2.71. The normalized spacial score (nSPS) is 27.6. The summed E-state index contributed by atoms with van der Waals surface area (Å²) in [6.07, 6.45) is 3.63. The molecule has 1 saturated heterocycles. The Kier molecular flexibility index (Phi) is 4.70. The van der Waals surface area contributed by atoms with Gasteiger partial charge >= 0.3 is 0 Å². The molecular formula is C16H28N2S. The van der Waals surface area contributed by atoms with Crippen LogP contribution in [0.1, 0.15) is 52.5 Å². The minimum absolute atomic E-state index is 0.287. The number of rotatable bonds is 5. The van der Waals surface area contributed by atoms with Gasteiger partial charge in [-0.05, 0) is 48.6 Å². The van der Waals surface area contributed by atoms with Crippen molar-refractivity contribution in [2.24, 2.45) is 0 Å². The fourth-order valence-corrected chi connectivity index (χ4v) is 3.68. The molecule has 0 aliphatic carbocycles. The number of hydrogen-bond donors (Lipinski definition) is 1. The fourth-order valence-electron chi connectivity index (χ4n) is 3.02. The topological polar surface area (TPSA) is 15.3 Å². The van der Waals surface area contributed by atoms with Gasteiger partial charge < -0.3 is 5.32 Å². The summed E-state index contributed by atoms with van der Waals surface area (Å²) < 4.78 is 0. The van der Waals surface area contributed by atoms with Gasteiger partial charge in [0.15, 0.2) is 0 Å². The molecule has 0 bridgehead atoms. The Balaban J connectivity index is 2.17. The lowest BCUT2D eigenvalue weighted by atomic mass is 9.83. The molecule has 1 aromatic rings. The van der Waals surface area contributed by atoms with Gasteiger partial charge in [-0.25, -0.2) is 0 Å². The van der Waals surface area contributed by atoms with Crippen molar-refractivity contribution in [2.45, 2.75) is 64.6 Å². The van der Waals surface area contributed by atoms with E-state index in [-0.39, 0.29) is 5.54 Å². The largest absolute Gasteiger partial charge is 0.308 e. The summed E-state index contributed by atoms with van der Waals surface area (Å²) in [5.41, 5.74) is 2.06. The number of nitrogens with zero attached hydrogens (tertiary/aromatic N) is 1. The van der Waals surface area contributed by atoms with Crippen LogP contribution in [0.4, 0.5) is 0 Å². The maximum Gasteiger partial charge on any atom is 0.0307 e. The Bertz CT molecular complexity index is 383. The van der Waals surface area contributed by atoms with E-state index < -0.39 is 0 Å². The van der Waals surface area contributed by atoms with Crippen LogP contribution in [0.3, 0.4) is 0 Å². The van der Waals surface area contributed by atoms with E-state index in [1.165, 1.54) is 31.4 Å². The zero-order valence-electron chi connectivity index (χ0n) is 12.8. The molecule has 2 nitrogen and oxygen atoms in total. The summed E-state index contributed by atoms with van der Waals surface area (Å²) in [5, 5.41) is 8.32. The van der Waals surface area contributed by atoms with Gasteiger partial charge in [0.25, 0.3) is 0 Å². The predicted molar refractivity (Wildman–Crippen MR) is 84.7 cm³/mol. The van der Waals surface area contributed by atoms with Crippen LogP contribution in [0.2, 0.25) is 0 Å². The Labute approximate surface area is 122 Å². The number of hydrogen-bond acceptors (Lipinski definition) is 3. The summed E-state index contributed by atoms with van der Waals surface area (Å²) in [6, 6.07) is 2.27. The Morgan fingerprint density at radius 3 is 2.53 bits per heavy atom. The number of nitrogens with one attached hydrogen (secondary N) is 1. The lowest BCUT2D eigenvalue weighted by molar-refractivity contribution is 0.00284. The van der Waals surface area contributed by atoms with Gasteiger partial charge in [-0.3, -0.25) is 4.90 Å². The smallest absolute Gasteiger partial charge is 0.0307 e. The highest BCUT2D eigenvalue weighted by atomic mass is 32.1. The van der Waals surface area contributed by atoms with E-state index in [0.29, 0.717) is 5.54 Å². The zero-order valence-corrected chi connectivity index (χ0v) is 13.6. The molecule has 1 N–H and O–H groups in total. The predicted octanol–water partition coefficient (Wildman–Crippen LogP) is 3.88. The molecule has 0 spiro atoms. The number of thiophene rings is 1. The van der Waals surface area contributed by atoms with E-state index in [4.69, 9.17) is 0 Å². The van der Waals surface area contributed by atoms with Crippen LogP contribution >= 0.6 is 11.3 Å². The van der Waals surface area contributed by atoms with Crippen LogP contribution in [-0.4, -0.2) is 29.1 Å². The van der Waals surface area contributed by atoms with E-state index in [2.05, 4.69) is 54.7 Å². The molecule has 0 saturated carbocycles. The van der Waals surface area contributed by atoms with Crippen LogP contribution in [0.5, 0.6) is 0 Å². The average molecular weight is 280 g/mol. The SMILES string of the molecule is CCC1(CC)CN(Cc2ccsc2)C(C)(CC)CN1. The van der Waals surface area contributed by atoms with Crippen molar-refractivity contribution in [3.63, 3.8) is 0 Å². The maximum atomic E-state index is 3.84. The highest BCUT2D eigenvalue weighted by molar-refractivity contribution is 7.07. The van der Waals surface area contributed by atoms with Gasteiger partial charge in [-0.2, -0.15) is 11.3 Å². The molecule has 2 heterocycles. The van der Waals surface area contributed by atoms with Crippen molar-refractivity contribution in [2.75, 3.05) is 13.1 Å². The monoisotopic (exact) mass is 280 g/mol. The molecule has 1 unspecified atom stereocenters. The third-order valence-corrected chi connectivity index (χ3v) is 5.90. The minimum atomic E-state index is 0.287. The van der Waals surface area contributed by atoms with Gasteiger partial charge in [0.05, 0.1) is 0 Å². The van der Waals surface area contributed by atoms with E-state index in [0.717, 1.165) is 13.1 Å². The zero-order chi connectivity index (χ0) is 13.9. The third-order valence-electron chi connectivity index (χ3n) is 5.17. The molecule has 1 fully saturated rings. The Morgan fingerprint density at radius 2 is 2.00 bits per heavy atom. The minimum Gasteiger partial charge on any atom is -0.308 e. The highest BCUT2D eigenvalue weighted by Gasteiger charge is 2.42. The first kappa shape index (κ1) is 15.0. The molecule has 1 aliphatic rings. The van der Waals surface area contributed by atoms with Crippen molar-refractivity contribution in [1.82, 2.24) is 10.2 Å². The standard InChI is InChI=1S/C16H28N2S/c1-5-15(4)12-17-16(6-2,7-3)13-18(15)10-14-8-9-19-11-14/h8-9,11,17H,5-7,10,12-13H2,1-4H3. The summed E-state index contributed by atoms with van der Waals surface area (Å²) in [7, 11) is 0. The first-order chi connectivity index (χ1) is 9.07. The summed E-state index contributed by atoms with van der Waals surface area (Å²) in [6.45, 7) is 12.7. The Hall–Kier alpha value is -0.380. The van der Waals surface area contributed by atoms with Crippen molar-refractivity contribution in [3.05, 3.63) is 22.4 Å². The summed E-state index contributed by atoms with van der Waals surface area (Å²) in [5.74, 6) is 0. The highest BCUT2D eigenvalue weighted by Crippen LogP contribution is 2.31. The molecule has 1 aromatic heterocycles. The van der Waals surface area contributed by atoms with Gasteiger partial charge in [0, 0.05) is 30.7 Å². The maximum absolute atomic E-state index is 3.84.